The van der Waals surface area contributed by atoms with Crippen LogP contribution in [0, 0.1) is 0 Å². The highest BCUT2D eigenvalue weighted by atomic mass is 127. The Hall–Kier alpha value is -1.36. The van der Waals surface area contributed by atoms with Crippen LogP contribution in [0.2, 0.25) is 0 Å². The fraction of sp³-hybridized carbons (Fsp3) is 0.611. The molecule has 0 saturated carbocycles. The van der Waals surface area contributed by atoms with E-state index in [1.165, 1.54) is 5.00 Å². The topological polar surface area (TPSA) is 78.6 Å². The second-order valence-corrected chi connectivity index (χ2v) is 7.73. The summed E-state index contributed by atoms with van der Waals surface area (Å²) in [6, 6.07) is 4.76. The summed E-state index contributed by atoms with van der Waals surface area (Å²) in [6.07, 6.45) is 2.91. The van der Waals surface area contributed by atoms with Crippen molar-refractivity contribution in [2.75, 3.05) is 31.6 Å². The number of nitrogens with zero attached hydrogens (tertiary/aromatic N) is 4. The number of guanidine groups is 1. The van der Waals surface area contributed by atoms with Crippen LogP contribution in [0.25, 0.3) is 0 Å². The standard InChI is InChI=1S/C18H28N6OS.HI/c1-13(2)17-22-15(25-23-17)6-9-20-18(19-3)21-14-7-10-24(11-8-14)16-5-4-12-26-16;/h4-5,12-14H,6-11H2,1-3H3,(H2,19,20,21);1H. The fourth-order valence-electron chi connectivity index (χ4n) is 2.97. The molecule has 1 aliphatic heterocycles. The Morgan fingerprint density at radius 2 is 2.19 bits per heavy atom. The van der Waals surface area contributed by atoms with Crippen molar-refractivity contribution in [2.45, 2.75) is 45.1 Å². The number of nitrogens with one attached hydrogen (secondary N) is 2. The van der Waals surface area contributed by atoms with Gasteiger partial charge in [0, 0.05) is 45.1 Å². The average molecular weight is 504 g/mol. The van der Waals surface area contributed by atoms with Crippen molar-refractivity contribution in [3.63, 3.8) is 0 Å². The van der Waals surface area contributed by atoms with Gasteiger partial charge in [-0.05, 0) is 30.4 Å². The summed E-state index contributed by atoms with van der Waals surface area (Å²) in [7, 11) is 1.81. The van der Waals surface area contributed by atoms with Crippen molar-refractivity contribution in [1.29, 1.82) is 0 Å². The van der Waals surface area contributed by atoms with Gasteiger partial charge in [-0.15, -0.1) is 35.3 Å². The van der Waals surface area contributed by atoms with Crippen LogP contribution < -0.4 is 15.5 Å². The van der Waals surface area contributed by atoms with Gasteiger partial charge in [-0.25, -0.2) is 0 Å². The van der Waals surface area contributed by atoms with E-state index < -0.39 is 0 Å². The lowest BCUT2D eigenvalue weighted by Gasteiger charge is -2.33. The molecule has 0 radical (unpaired) electrons. The van der Waals surface area contributed by atoms with E-state index in [9.17, 15) is 0 Å². The molecule has 0 spiro atoms. The first-order valence-corrected chi connectivity index (χ1v) is 10.1. The molecule has 0 unspecified atom stereocenters. The van der Waals surface area contributed by atoms with Gasteiger partial charge >= 0.3 is 0 Å². The van der Waals surface area contributed by atoms with Gasteiger partial charge in [-0.2, -0.15) is 4.98 Å². The highest BCUT2D eigenvalue weighted by Gasteiger charge is 2.20. The molecular weight excluding hydrogens is 475 g/mol. The molecule has 1 fully saturated rings. The number of rotatable bonds is 6. The molecule has 0 aliphatic carbocycles. The van der Waals surface area contributed by atoms with Gasteiger partial charge in [0.2, 0.25) is 5.89 Å². The smallest absolute Gasteiger partial charge is 0.228 e. The molecule has 27 heavy (non-hydrogen) atoms. The zero-order valence-corrected chi connectivity index (χ0v) is 19.3. The van der Waals surface area contributed by atoms with Gasteiger partial charge in [-0.3, -0.25) is 4.99 Å². The van der Waals surface area contributed by atoms with Crippen LogP contribution in [0.5, 0.6) is 0 Å². The normalized spacial score (nSPS) is 15.7. The van der Waals surface area contributed by atoms with Crippen molar-refractivity contribution in [3.8, 4) is 0 Å². The van der Waals surface area contributed by atoms with Crippen molar-refractivity contribution in [1.82, 2.24) is 20.8 Å². The van der Waals surface area contributed by atoms with Crippen LogP contribution in [-0.2, 0) is 6.42 Å². The SMILES string of the molecule is CN=C(NCCc1nc(C(C)C)no1)NC1CCN(c2cccs2)CC1.I. The van der Waals surface area contributed by atoms with E-state index in [1.807, 2.05) is 11.3 Å². The number of piperidine rings is 1. The Bertz CT molecular complexity index is 695. The minimum Gasteiger partial charge on any atom is -0.363 e. The second-order valence-electron chi connectivity index (χ2n) is 6.81. The number of halogens is 1. The van der Waals surface area contributed by atoms with E-state index in [1.54, 1.807) is 7.05 Å². The lowest BCUT2D eigenvalue weighted by atomic mass is 10.1. The molecule has 0 atom stereocenters. The third-order valence-electron chi connectivity index (χ3n) is 4.51. The van der Waals surface area contributed by atoms with Crippen LogP contribution in [0.1, 0.15) is 44.3 Å². The number of hydrogen-bond donors (Lipinski definition) is 2. The number of hydrogen-bond acceptors (Lipinski definition) is 6. The van der Waals surface area contributed by atoms with E-state index >= 15 is 0 Å². The van der Waals surface area contributed by atoms with Crippen LogP contribution in [0.4, 0.5) is 5.00 Å². The van der Waals surface area contributed by atoms with Gasteiger partial charge in [0.05, 0.1) is 5.00 Å². The number of aromatic nitrogens is 2. The second kappa shape index (κ2) is 10.8. The molecule has 0 bridgehead atoms. The van der Waals surface area contributed by atoms with Gasteiger partial charge in [-0.1, -0.05) is 19.0 Å². The van der Waals surface area contributed by atoms with Gasteiger partial charge in [0.25, 0.3) is 0 Å². The Morgan fingerprint density at radius 1 is 1.41 bits per heavy atom. The third-order valence-corrected chi connectivity index (χ3v) is 5.44. The van der Waals surface area contributed by atoms with Crippen LogP contribution in [0.15, 0.2) is 27.0 Å². The quantitative estimate of drug-likeness (QED) is 0.357. The molecule has 3 heterocycles. The first kappa shape index (κ1) is 21.9. The van der Waals surface area contributed by atoms with Crippen LogP contribution in [-0.4, -0.2) is 48.8 Å². The molecule has 0 amide bonds. The summed E-state index contributed by atoms with van der Waals surface area (Å²) in [4.78, 5) is 11.2. The highest BCUT2D eigenvalue weighted by molar-refractivity contribution is 14.0. The zero-order valence-electron chi connectivity index (χ0n) is 16.1. The molecule has 3 rings (SSSR count). The molecule has 1 saturated heterocycles. The molecule has 1 aliphatic rings. The molecular formula is C18H29IN6OS. The lowest BCUT2D eigenvalue weighted by Crippen LogP contribution is -2.49. The largest absolute Gasteiger partial charge is 0.363 e. The van der Waals surface area contributed by atoms with Gasteiger partial charge in [0.15, 0.2) is 11.8 Å². The molecule has 2 N–H and O–H groups in total. The van der Waals surface area contributed by atoms with E-state index in [0.29, 0.717) is 24.9 Å². The molecule has 150 valence electrons. The van der Waals surface area contributed by atoms with E-state index in [2.05, 4.69) is 62.0 Å². The lowest BCUT2D eigenvalue weighted by molar-refractivity contribution is 0.371. The van der Waals surface area contributed by atoms with Crippen molar-refractivity contribution in [2.24, 2.45) is 4.99 Å². The molecule has 0 aromatic carbocycles. The summed E-state index contributed by atoms with van der Waals surface area (Å²) in [6.45, 7) is 6.99. The third kappa shape index (κ3) is 6.34. The summed E-state index contributed by atoms with van der Waals surface area (Å²) in [5.74, 6) is 2.55. The molecule has 2 aromatic rings. The predicted octanol–water partition coefficient (Wildman–Crippen LogP) is 3.25. The Labute approximate surface area is 182 Å². The monoisotopic (exact) mass is 504 g/mol. The number of anilines is 1. The number of thiophene rings is 1. The average Bonchev–Trinajstić information content (AvgIpc) is 3.33. The number of aliphatic imine (C=N–C) groups is 1. The summed E-state index contributed by atoms with van der Waals surface area (Å²) < 4.78 is 5.27. The van der Waals surface area contributed by atoms with Crippen LogP contribution in [0.3, 0.4) is 0 Å². The van der Waals surface area contributed by atoms with Crippen molar-refractivity contribution in [3.05, 3.63) is 29.2 Å². The zero-order chi connectivity index (χ0) is 18.4. The maximum Gasteiger partial charge on any atom is 0.228 e. The first-order chi connectivity index (χ1) is 12.7. The predicted molar refractivity (Wildman–Crippen MR) is 122 cm³/mol. The Morgan fingerprint density at radius 3 is 2.78 bits per heavy atom. The summed E-state index contributed by atoms with van der Waals surface area (Å²) >= 11 is 1.81. The molecule has 9 heteroatoms. The van der Waals surface area contributed by atoms with Crippen LogP contribution >= 0.6 is 35.3 Å². The first-order valence-electron chi connectivity index (χ1n) is 9.24. The van der Waals surface area contributed by atoms with Crippen molar-refractivity contribution >= 4 is 46.3 Å². The minimum atomic E-state index is 0. The fourth-order valence-corrected chi connectivity index (χ4v) is 3.76. The summed E-state index contributed by atoms with van der Waals surface area (Å²) in [5, 5.41) is 14.4. The maximum absolute atomic E-state index is 5.27. The van der Waals surface area contributed by atoms with E-state index in [4.69, 9.17) is 4.52 Å². The molecule has 2 aromatic heterocycles. The Balaban J connectivity index is 0.00000261. The highest BCUT2D eigenvalue weighted by Crippen LogP contribution is 2.24. The maximum atomic E-state index is 5.27. The molecule has 7 nitrogen and oxygen atoms in total. The Kier molecular flexibility index (Phi) is 8.81. The van der Waals surface area contributed by atoms with E-state index in [0.717, 1.165) is 37.7 Å². The van der Waals surface area contributed by atoms with Gasteiger partial charge < -0.3 is 20.1 Å². The minimum absolute atomic E-state index is 0. The van der Waals surface area contributed by atoms with E-state index in [-0.39, 0.29) is 29.9 Å². The summed E-state index contributed by atoms with van der Waals surface area (Å²) in [5.41, 5.74) is 0. The van der Waals surface area contributed by atoms with Crippen molar-refractivity contribution < 1.29 is 4.52 Å². The van der Waals surface area contributed by atoms with Gasteiger partial charge in [0.1, 0.15) is 0 Å².